The number of hydrogen-bond acceptors (Lipinski definition) is 4. The van der Waals surface area contributed by atoms with E-state index < -0.39 is 11.9 Å². The summed E-state index contributed by atoms with van der Waals surface area (Å²) in [5.41, 5.74) is 5.02. The van der Waals surface area contributed by atoms with Crippen LogP contribution in [-0.2, 0) is 4.74 Å². The highest BCUT2D eigenvalue weighted by atomic mass is 19.1. The standard InChI is InChI=1S/C7H7FN2O2/c1-12-7(11)5-4(9)2-3-10-6(5)8/h2-3H,1H3,(H2,9,10). The van der Waals surface area contributed by atoms with E-state index in [4.69, 9.17) is 5.73 Å². The summed E-state index contributed by atoms with van der Waals surface area (Å²) in [5.74, 6) is -1.74. The maximum atomic E-state index is 12.8. The van der Waals surface area contributed by atoms with Crippen LogP contribution in [0.4, 0.5) is 10.1 Å². The third-order valence-corrected chi connectivity index (χ3v) is 1.33. The summed E-state index contributed by atoms with van der Waals surface area (Å²) in [5, 5.41) is 0. The topological polar surface area (TPSA) is 65.2 Å². The van der Waals surface area contributed by atoms with Gasteiger partial charge < -0.3 is 10.5 Å². The van der Waals surface area contributed by atoms with E-state index in [1.807, 2.05) is 0 Å². The minimum Gasteiger partial charge on any atom is -0.465 e. The molecule has 0 unspecified atom stereocenters. The van der Waals surface area contributed by atoms with Crippen molar-refractivity contribution < 1.29 is 13.9 Å². The number of nitrogens with zero attached hydrogens (tertiary/aromatic N) is 1. The maximum Gasteiger partial charge on any atom is 0.344 e. The van der Waals surface area contributed by atoms with Gasteiger partial charge in [-0.15, -0.1) is 0 Å². The van der Waals surface area contributed by atoms with Gasteiger partial charge in [-0.05, 0) is 6.07 Å². The third kappa shape index (κ3) is 1.34. The van der Waals surface area contributed by atoms with Gasteiger partial charge in [-0.3, -0.25) is 0 Å². The Morgan fingerprint density at radius 1 is 1.75 bits per heavy atom. The summed E-state index contributed by atoms with van der Waals surface area (Å²) < 4.78 is 17.1. The fourth-order valence-electron chi connectivity index (χ4n) is 0.754. The lowest BCUT2D eigenvalue weighted by molar-refractivity contribution is 0.0595. The number of carbonyl (C=O) groups is 1. The number of esters is 1. The average Bonchev–Trinajstić information content (AvgIpc) is 2.03. The number of hydrogen-bond donors (Lipinski definition) is 1. The Morgan fingerprint density at radius 3 is 2.92 bits per heavy atom. The number of ether oxygens (including phenoxy) is 1. The predicted molar refractivity (Wildman–Crippen MR) is 39.9 cm³/mol. The van der Waals surface area contributed by atoms with E-state index in [1.54, 1.807) is 0 Å². The second-order valence-corrected chi connectivity index (χ2v) is 2.06. The van der Waals surface area contributed by atoms with Gasteiger partial charge in [0.25, 0.3) is 0 Å². The van der Waals surface area contributed by atoms with E-state index >= 15 is 0 Å². The predicted octanol–water partition coefficient (Wildman–Crippen LogP) is 0.590. The Hall–Kier alpha value is -1.65. The van der Waals surface area contributed by atoms with Crippen LogP contribution in [0.5, 0.6) is 0 Å². The van der Waals surface area contributed by atoms with Gasteiger partial charge in [0.2, 0.25) is 5.95 Å². The maximum absolute atomic E-state index is 12.8. The molecule has 1 rings (SSSR count). The Labute approximate surface area is 68.2 Å². The number of methoxy groups -OCH3 is 1. The van der Waals surface area contributed by atoms with Crippen molar-refractivity contribution in [3.8, 4) is 0 Å². The molecule has 1 aromatic rings. The molecule has 64 valence electrons. The van der Waals surface area contributed by atoms with Crippen LogP contribution < -0.4 is 5.73 Å². The SMILES string of the molecule is COC(=O)c1c(N)ccnc1F. The van der Waals surface area contributed by atoms with Gasteiger partial charge >= 0.3 is 5.97 Å². The highest BCUT2D eigenvalue weighted by Crippen LogP contribution is 2.13. The van der Waals surface area contributed by atoms with Gasteiger partial charge in [0.1, 0.15) is 5.56 Å². The number of halogens is 1. The third-order valence-electron chi connectivity index (χ3n) is 1.33. The van der Waals surface area contributed by atoms with E-state index in [-0.39, 0.29) is 11.3 Å². The van der Waals surface area contributed by atoms with Gasteiger partial charge in [0.05, 0.1) is 12.8 Å². The van der Waals surface area contributed by atoms with Gasteiger partial charge in [0, 0.05) is 6.20 Å². The Bertz CT molecular complexity index is 294. The summed E-state index contributed by atoms with van der Waals surface area (Å²) in [7, 11) is 1.15. The van der Waals surface area contributed by atoms with Gasteiger partial charge in [0.15, 0.2) is 0 Å². The van der Waals surface area contributed by atoms with Crippen molar-refractivity contribution in [3.05, 3.63) is 23.8 Å². The number of aromatic nitrogens is 1. The molecule has 1 aromatic heterocycles. The monoisotopic (exact) mass is 170 g/mol. The summed E-state index contributed by atoms with van der Waals surface area (Å²) in [4.78, 5) is 14.1. The molecule has 0 saturated carbocycles. The lowest BCUT2D eigenvalue weighted by atomic mass is 10.2. The summed E-state index contributed by atoms with van der Waals surface area (Å²) >= 11 is 0. The van der Waals surface area contributed by atoms with Crippen molar-refractivity contribution in [2.45, 2.75) is 0 Å². The average molecular weight is 170 g/mol. The minimum atomic E-state index is -0.915. The first kappa shape index (κ1) is 8.45. The number of carbonyl (C=O) groups excluding carboxylic acids is 1. The van der Waals surface area contributed by atoms with Crippen molar-refractivity contribution in [1.29, 1.82) is 0 Å². The van der Waals surface area contributed by atoms with E-state index in [0.29, 0.717) is 0 Å². The molecule has 0 atom stereocenters. The smallest absolute Gasteiger partial charge is 0.344 e. The fraction of sp³-hybridized carbons (Fsp3) is 0.143. The van der Waals surface area contributed by atoms with Gasteiger partial charge in [-0.25, -0.2) is 9.78 Å². The van der Waals surface area contributed by atoms with Crippen molar-refractivity contribution in [3.63, 3.8) is 0 Å². The molecule has 0 aliphatic heterocycles. The Balaban J connectivity index is 3.21. The molecule has 2 N–H and O–H groups in total. The van der Waals surface area contributed by atoms with Crippen LogP contribution in [0.15, 0.2) is 12.3 Å². The number of nitrogens with two attached hydrogens (primary N) is 1. The van der Waals surface area contributed by atoms with E-state index in [0.717, 1.165) is 7.11 Å². The number of nitrogen functional groups attached to an aromatic ring is 1. The molecule has 0 aliphatic carbocycles. The first-order valence-corrected chi connectivity index (χ1v) is 3.15. The molecule has 12 heavy (non-hydrogen) atoms. The molecule has 0 aromatic carbocycles. The molecule has 0 spiro atoms. The normalized spacial score (nSPS) is 9.50. The van der Waals surface area contributed by atoms with E-state index in [1.165, 1.54) is 12.3 Å². The van der Waals surface area contributed by atoms with Crippen LogP contribution in [0.3, 0.4) is 0 Å². The number of pyridine rings is 1. The van der Waals surface area contributed by atoms with Crippen LogP contribution in [0.2, 0.25) is 0 Å². The van der Waals surface area contributed by atoms with Gasteiger partial charge in [-0.2, -0.15) is 4.39 Å². The number of rotatable bonds is 1. The fourth-order valence-corrected chi connectivity index (χ4v) is 0.754. The highest BCUT2D eigenvalue weighted by molar-refractivity contribution is 5.94. The van der Waals surface area contributed by atoms with Crippen molar-refractivity contribution >= 4 is 11.7 Å². The lowest BCUT2D eigenvalue weighted by Crippen LogP contribution is -2.09. The molecule has 0 amide bonds. The molecular formula is C7H7FN2O2. The van der Waals surface area contributed by atoms with Crippen LogP contribution in [0.1, 0.15) is 10.4 Å². The van der Waals surface area contributed by atoms with Crippen molar-refractivity contribution in [2.75, 3.05) is 12.8 Å². The second-order valence-electron chi connectivity index (χ2n) is 2.06. The summed E-state index contributed by atoms with van der Waals surface area (Å²) in [6.45, 7) is 0. The number of anilines is 1. The molecule has 0 aliphatic rings. The zero-order chi connectivity index (χ0) is 9.14. The van der Waals surface area contributed by atoms with Crippen LogP contribution in [0, 0.1) is 5.95 Å². The Morgan fingerprint density at radius 2 is 2.42 bits per heavy atom. The van der Waals surface area contributed by atoms with Crippen molar-refractivity contribution in [1.82, 2.24) is 4.98 Å². The molecule has 0 saturated heterocycles. The molecule has 0 bridgehead atoms. The molecule has 0 fully saturated rings. The minimum absolute atomic E-state index is 0.0225. The molecule has 1 heterocycles. The lowest BCUT2D eigenvalue weighted by Gasteiger charge is -2.02. The zero-order valence-electron chi connectivity index (χ0n) is 6.37. The van der Waals surface area contributed by atoms with Crippen LogP contribution in [0.25, 0.3) is 0 Å². The Kier molecular flexibility index (Phi) is 2.23. The van der Waals surface area contributed by atoms with Crippen LogP contribution >= 0.6 is 0 Å². The van der Waals surface area contributed by atoms with Gasteiger partial charge in [-0.1, -0.05) is 0 Å². The van der Waals surface area contributed by atoms with Crippen molar-refractivity contribution in [2.24, 2.45) is 0 Å². The quantitative estimate of drug-likeness (QED) is 0.494. The summed E-state index contributed by atoms with van der Waals surface area (Å²) in [6, 6.07) is 1.33. The largest absolute Gasteiger partial charge is 0.465 e. The molecule has 0 radical (unpaired) electrons. The van der Waals surface area contributed by atoms with Crippen LogP contribution in [-0.4, -0.2) is 18.1 Å². The zero-order valence-corrected chi connectivity index (χ0v) is 6.37. The molecular weight excluding hydrogens is 163 g/mol. The summed E-state index contributed by atoms with van der Waals surface area (Å²) in [6.07, 6.45) is 1.18. The first-order chi connectivity index (χ1) is 5.66. The molecule has 4 nitrogen and oxygen atoms in total. The highest BCUT2D eigenvalue weighted by Gasteiger charge is 2.16. The first-order valence-electron chi connectivity index (χ1n) is 3.15. The second kappa shape index (κ2) is 3.17. The van der Waals surface area contributed by atoms with E-state index in [9.17, 15) is 9.18 Å². The van der Waals surface area contributed by atoms with E-state index in [2.05, 4.69) is 9.72 Å². The molecule has 5 heteroatoms.